The third-order valence-corrected chi connectivity index (χ3v) is 2.29. The quantitative estimate of drug-likeness (QED) is 0.468. The highest BCUT2D eigenvalue weighted by Crippen LogP contribution is 2.21. The summed E-state index contributed by atoms with van der Waals surface area (Å²) in [5, 5.41) is 10.4. The normalized spacial score (nSPS) is 13.9. The Morgan fingerprint density at radius 3 is 2.31 bits per heavy atom. The minimum Gasteiger partial charge on any atom is -0.467 e. The van der Waals surface area contributed by atoms with Crippen LogP contribution in [0.15, 0.2) is 24.3 Å². The van der Waals surface area contributed by atoms with Crippen LogP contribution in [0.4, 0.5) is 5.69 Å². The molecule has 0 saturated carbocycles. The van der Waals surface area contributed by atoms with Gasteiger partial charge in [0.25, 0.3) is 5.69 Å². The lowest BCUT2D eigenvalue weighted by atomic mass is 9.93. The van der Waals surface area contributed by atoms with Crippen LogP contribution < -0.4 is 5.73 Å². The fourth-order valence-electron chi connectivity index (χ4n) is 1.26. The van der Waals surface area contributed by atoms with Gasteiger partial charge in [-0.15, -0.1) is 0 Å². The number of hydrogen-bond acceptors (Lipinski definition) is 5. The van der Waals surface area contributed by atoms with Crippen LogP contribution >= 0.6 is 0 Å². The summed E-state index contributed by atoms with van der Waals surface area (Å²) in [4.78, 5) is 21.3. The minimum absolute atomic E-state index is 0.0515. The first kappa shape index (κ1) is 12.1. The van der Waals surface area contributed by atoms with E-state index in [1.807, 2.05) is 0 Å². The fourth-order valence-corrected chi connectivity index (χ4v) is 1.26. The number of benzene rings is 1. The number of nitro groups is 1. The van der Waals surface area contributed by atoms with Crippen molar-refractivity contribution >= 4 is 11.7 Å². The molecule has 0 aromatic heterocycles. The van der Waals surface area contributed by atoms with Crippen LogP contribution in [0.3, 0.4) is 0 Å². The SMILES string of the molecule is COC(=O)[C@@](C)(N)c1ccc([N+](=O)[O-])cc1. The van der Waals surface area contributed by atoms with E-state index < -0.39 is 16.4 Å². The first-order valence-corrected chi connectivity index (χ1v) is 4.52. The van der Waals surface area contributed by atoms with Gasteiger partial charge >= 0.3 is 5.97 Å². The molecule has 1 aromatic rings. The highest BCUT2D eigenvalue weighted by Gasteiger charge is 2.31. The van der Waals surface area contributed by atoms with Gasteiger partial charge in [0, 0.05) is 12.1 Å². The van der Waals surface area contributed by atoms with Crippen molar-refractivity contribution in [3.63, 3.8) is 0 Å². The number of ether oxygens (including phenoxy) is 1. The second-order valence-corrected chi connectivity index (χ2v) is 3.50. The first-order valence-electron chi connectivity index (χ1n) is 4.52. The van der Waals surface area contributed by atoms with Crippen molar-refractivity contribution in [3.05, 3.63) is 39.9 Å². The predicted octanol–water partition coefficient (Wildman–Crippen LogP) is 0.942. The van der Waals surface area contributed by atoms with Crippen LogP contribution in [0.1, 0.15) is 12.5 Å². The highest BCUT2D eigenvalue weighted by molar-refractivity contribution is 5.81. The Balaban J connectivity index is 3.06. The maximum atomic E-state index is 11.4. The van der Waals surface area contributed by atoms with Crippen LogP contribution in [0, 0.1) is 10.1 Å². The zero-order valence-corrected chi connectivity index (χ0v) is 8.97. The number of hydrogen-bond donors (Lipinski definition) is 1. The largest absolute Gasteiger partial charge is 0.467 e. The lowest BCUT2D eigenvalue weighted by Crippen LogP contribution is -2.42. The molecule has 0 radical (unpaired) electrons. The summed E-state index contributed by atoms with van der Waals surface area (Å²) < 4.78 is 4.55. The first-order chi connectivity index (χ1) is 7.39. The Hall–Kier alpha value is -1.95. The van der Waals surface area contributed by atoms with Gasteiger partial charge in [0.1, 0.15) is 5.54 Å². The summed E-state index contributed by atoms with van der Waals surface area (Å²) in [6, 6.07) is 5.47. The Labute approximate surface area is 92.2 Å². The molecule has 0 fully saturated rings. The van der Waals surface area contributed by atoms with Gasteiger partial charge in [-0.3, -0.25) is 10.1 Å². The van der Waals surface area contributed by atoms with E-state index in [1.165, 1.54) is 38.3 Å². The molecule has 6 nitrogen and oxygen atoms in total. The van der Waals surface area contributed by atoms with Gasteiger partial charge in [-0.1, -0.05) is 0 Å². The average molecular weight is 224 g/mol. The molecular formula is C10H12N2O4. The van der Waals surface area contributed by atoms with Crippen molar-refractivity contribution in [3.8, 4) is 0 Å². The average Bonchev–Trinajstić information content (AvgIpc) is 2.28. The number of nitro benzene ring substituents is 1. The van der Waals surface area contributed by atoms with Crippen LogP contribution in [-0.4, -0.2) is 18.0 Å². The van der Waals surface area contributed by atoms with Crippen LogP contribution in [0.2, 0.25) is 0 Å². The molecule has 0 aliphatic carbocycles. The Bertz CT molecular complexity index is 411. The van der Waals surface area contributed by atoms with Gasteiger partial charge in [0.05, 0.1) is 12.0 Å². The van der Waals surface area contributed by atoms with E-state index in [9.17, 15) is 14.9 Å². The smallest absolute Gasteiger partial charge is 0.330 e. The van der Waals surface area contributed by atoms with E-state index in [0.29, 0.717) is 5.56 Å². The summed E-state index contributed by atoms with van der Waals surface area (Å²) in [6.07, 6.45) is 0. The summed E-state index contributed by atoms with van der Waals surface area (Å²) in [5.41, 5.74) is 4.88. The van der Waals surface area contributed by atoms with Gasteiger partial charge in [-0.25, -0.2) is 4.79 Å². The van der Waals surface area contributed by atoms with Crippen LogP contribution in [-0.2, 0) is 15.1 Å². The van der Waals surface area contributed by atoms with Crippen molar-refractivity contribution in [2.75, 3.05) is 7.11 Å². The van der Waals surface area contributed by atoms with Crippen molar-refractivity contribution in [1.82, 2.24) is 0 Å². The second kappa shape index (κ2) is 4.28. The van der Waals surface area contributed by atoms with Gasteiger partial charge in [-0.05, 0) is 24.6 Å². The van der Waals surface area contributed by atoms with Crippen molar-refractivity contribution in [2.24, 2.45) is 5.73 Å². The monoisotopic (exact) mass is 224 g/mol. The number of nitrogens with zero attached hydrogens (tertiary/aromatic N) is 1. The van der Waals surface area contributed by atoms with E-state index in [0.717, 1.165) is 0 Å². The molecule has 0 saturated heterocycles. The number of non-ortho nitro benzene ring substituents is 1. The van der Waals surface area contributed by atoms with Gasteiger partial charge < -0.3 is 10.5 Å². The molecule has 86 valence electrons. The third kappa shape index (κ3) is 2.17. The molecule has 0 amide bonds. The molecule has 1 aromatic carbocycles. The molecule has 0 spiro atoms. The molecule has 0 aliphatic heterocycles. The summed E-state index contributed by atoms with van der Waals surface area (Å²) >= 11 is 0. The molecule has 0 heterocycles. The van der Waals surface area contributed by atoms with Crippen molar-refractivity contribution in [2.45, 2.75) is 12.5 Å². The molecule has 6 heteroatoms. The molecule has 1 rings (SSSR count). The highest BCUT2D eigenvalue weighted by atomic mass is 16.6. The van der Waals surface area contributed by atoms with E-state index in [1.54, 1.807) is 0 Å². The van der Waals surface area contributed by atoms with Crippen molar-refractivity contribution < 1.29 is 14.5 Å². The van der Waals surface area contributed by atoms with Gasteiger partial charge in [-0.2, -0.15) is 0 Å². The number of carbonyl (C=O) groups excluding carboxylic acids is 1. The molecule has 0 aliphatic rings. The number of carbonyl (C=O) groups is 1. The second-order valence-electron chi connectivity index (χ2n) is 3.50. The minimum atomic E-state index is -1.30. The van der Waals surface area contributed by atoms with E-state index in [2.05, 4.69) is 4.74 Å². The Morgan fingerprint density at radius 1 is 1.44 bits per heavy atom. The standard InChI is InChI=1S/C10H12N2O4/c1-10(11,9(13)16-2)7-3-5-8(6-4-7)12(14)15/h3-6H,11H2,1-2H3/t10-/m0/s1. The van der Waals surface area contributed by atoms with E-state index >= 15 is 0 Å². The molecule has 2 N–H and O–H groups in total. The van der Waals surface area contributed by atoms with E-state index in [-0.39, 0.29) is 5.69 Å². The maximum Gasteiger partial charge on any atom is 0.330 e. The van der Waals surface area contributed by atoms with E-state index in [4.69, 9.17) is 5.73 Å². The molecular weight excluding hydrogens is 212 g/mol. The van der Waals surface area contributed by atoms with Crippen LogP contribution in [0.5, 0.6) is 0 Å². The third-order valence-electron chi connectivity index (χ3n) is 2.29. The zero-order valence-electron chi connectivity index (χ0n) is 8.97. The maximum absolute atomic E-state index is 11.4. The van der Waals surface area contributed by atoms with Gasteiger partial charge in [0.15, 0.2) is 0 Å². The van der Waals surface area contributed by atoms with Gasteiger partial charge in [0.2, 0.25) is 0 Å². The summed E-state index contributed by atoms with van der Waals surface area (Å²) in [6.45, 7) is 1.49. The van der Waals surface area contributed by atoms with Crippen molar-refractivity contribution in [1.29, 1.82) is 0 Å². The molecule has 0 unspecified atom stereocenters. The number of esters is 1. The Kier molecular flexibility index (Phi) is 3.24. The Morgan fingerprint density at radius 2 is 1.94 bits per heavy atom. The fraction of sp³-hybridized carbons (Fsp3) is 0.300. The molecule has 16 heavy (non-hydrogen) atoms. The summed E-state index contributed by atoms with van der Waals surface area (Å²) in [5.74, 6) is -0.596. The summed E-state index contributed by atoms with van der Waals surface area (Å²) in [7, 11) is 1.23. The number of rotatable bonds is 3. The predicted molar refractivity (Wildman–Crippen MR) is 56.7 cm³/mol. The molecule has 1 atom stereocenters. The van der Waals surface area contributed by atoms with Crippen LogP contribution in [0.25, 0.3) is 0 Å². The lowest BCUT2D eigenvalue weighted by molar-refractivity contribution is -0.384. The molecule has 0 bridgehead atoms. The zero-order chi connectivity index (χ0) is 12.3. The number of methoxy groups -OCH3 is 1. The number of nitrogens with two attached hydrogens (primary N) is 1. The lowest BCUT2D eigenvalue weighted by Gasteiger charge is -2.21. The topological polar surface area (TPSA) is 95.5 Å².